The Kier molecular flexibility index (Phi) is 8.04. The fourth-order valence-electron chi connectivity index (χ4n) is 7.76. The van der Waals surface area contributed by atoms with Gasteiger partial charge in [0.1, 0.15) is 0 Å². The van der Waals surface area contributed by atoms with Crippen molar-refractivity contribution in [3.05, 3.63) is 187 Å². The standard InChI is InChI=1S/C50H35N3S/c1-32-11-2-6-16-40(32)45-30-37-14-4-3-13-36(37)29-38(45)26-23-33-21-24-35(25-22-33)48-51-49(39-27-28-43-42-18-8-9-20-46(42)54-47(43)31-39)53-50(52-48)44-19-10-15-34-12-5-7-17-41(34)44/h2-22,24-25,27-31H,23,26H2,1H3. The molecular weight excluding hydrogens is 675 g/mol. The summed E-state index contributed by atoms with van der Waals surface area (Å²) in [6, 6.07) is 60.8. The number of hydrogen-bond acceptors (Lipinski definition) is 4. The third kappa shape index (κ3) is 5.91. The molecule has 4 heteroatoms. The van der Waals surface area contributed by atoms with Gasteiger partial charge >= 0.3 is 0 Å². The van der Waals surface area contributed by atoms with Crippen LogP contribution in [0.1, 0.15) is 16.7 Å². The quantitative estimate of drug-likeness (QED) is 0.165. The molecule has 3 nitrogen and oxygen atoms in total. The van der Waals surface area contributed by atoms with Crippen molar-refractivity contribution in [2.75, 3.05) is 0 Å². The summed E-state index contributed by atoms with van der Waals surface area (Å²) < 4.78 is 2.51. The Labute approximate surface area is 318 Å². The van der Waals surface area contributed by atoms with Gasteiger partial charge < -0.3 is 0 Å². The molecule has 0 aliphatic heterocycles. The van der Waals surface area contributed by atoms with E-state index in [4.69, 9.17) is 15.0 Å². The van der Waals surface area contributed by atoms with E-state index in [9.17, 15) is 0 Å². The first-order valence-electron chi connectivity index (χ1n) is 18.5. The number of benzene rings is 8. The van der Waals surface area contributed by atoms with Gasteiger partial charge in [0.2, 0.25) is 0 Å². The second-order valence-electron chi connectivity index (χ2n) is 14.0. The van der Waals surface area contributed by atoms with E-state index >= 15 is 0 Å². The summed E-state index contributed by atoms with van der Waals surface area (Å²) >= 11 is 1.81. The van der Waals surface area contributed by atoms with Gasteiger partial charge in [-0.3, -0.25) is 0 Å². The van der Waals surface area contributed by atoms with Crippen LogP contribution in [-0.2, 0) is 12.8 Å². The van der Waals surface area contributed by atoms with E-state index in [0.29, 0.717) is 17.5 Å². The average molecular weight is 710 g/mol. The van der Waals surface area contributed by atoms with Crippen LogP contribution < -0.4 is 0 Å². The Morgan fingerprint density at radius 3 is 1.85 bits per heavy atom. The zero-order valence-electron chi connectivity index (χ0n) is 29.8. The molecule has 2 heterocycles. The monoisotopic (exact) mass is 709 g/mol. The lowest BCUT2D eigenvalue weighted by atomic mass is 9.90. The van der Waals surface area contributed by atoms with Gasteiger partial charge in [0.05, 0.1) is 0 Å². The van der Waals surface area contributed by atoms with Crippen LogP contribution in [0.15, 0.2) is 170 Å². The lowest BCUT2D eigenvalue weighted by Crippen LogP contribution is -2.01. The van der Waals surface area contributed by atoms with Gasteiger partial charge in [0.15, 0.2) is 17.5 Å². The summed E-state index contributed by atoms with van der Waals surface area (Å²) in [6.45, 7) is 2.20. The maximum absolute atomic E-state index is 5.13. The molecule has 0 aliphatic rings. The number of aryl methyl sites for hydroxylation is 3. The van der Waals surface area contributed by atoms with Crippen LogP contribution in [0, 0.1) is 6.92 Å². The predicted molar refractivity (Wildman–Crippen MR) is 228 cm³/mol. The van der Waals surface area contributed by atoms with Gasteiger partial charge in [-0.05, 0) is 87.3 Å². The maximum Gasteiger partial charge on any atom is 0.164 e. The van der Waals surface area contributed by atoms with Crippen LogP contribution in [0.25, 0.3) is 87.0 Å². The van der Waals surface area contributed by atoms with Crippen LogP contribution in [0.3, 0.4) is 0 Å². The molecule has 0 N–H and O–H groups in total. The Balaban J connectivity index is 1.02. The molecule has 0 saturated carbocycles. The van der Waals surface area contributed by atoms with Crippen molar-refractivity contribution >= 4 is 53.1 Å². The summed E-state index contributed by atoms with van der Waals surface area (Å²) in [5, 5.41) is 7.37. The molecule has 0 atom stereocenters. The Morgan fingerprint density at radius 2 is 1.02 bits per heavy atom. The van der Waals surface area contributed by atoms with Crippen molar-refractivity contribution in [1.29, 1.82) is 0 Å². The first-order valence-corrected chi connectivity index (χ1v) is 19.3. The van der Waals surface area contributed by atoms with E-state index in [1.54, 1.807) is 0 Å². The molecule has 0 amide bonds. The van der Waals surface area contributed by atoms with Crippen LogP contribution in [0.5, 0.6) is 0 Å². The first kappa shape index (κ1) is 32.2. The second-order valence-corrected chi connectivity index (χ2v) is 15.1. The van der Waals surface area contributed by atoms with Crippen LogP contribution >= 0.6 is 11.3 Å². The minimum Gasteiger partial charge on any atom is -0.208 e. The van der Waals surface area contributed by atoms with Gasteiger partial charge in [-0.15, -0.1) is 11.3 Å². The molecule has 0 fully saturated rings. The number of nitrogens with zero attached hydrogens (tertiary/aromatic N) is 3. The van der Waals surface area contributed by atoms with E-state index in [2.05, 4.69) is 177 Å². The molecule has 0 aliphatic carbocycles. The molecule has 10 aromatic rings. The zero-order valence-corrected chi connectivity index (χ0v) is 30.6. The number of aromatic nitrogens is 3. The fraction of sp³-hybridized carbons (Fsp3) is 0.0600. The van der Waals surface area contributed by atoms with Gasteiger partial charge in [0.25, 0.3) is 0 Å². The first-order chi connectivity index (χ1) is 26.6. The normalized spacial score (nSPS) is 11.6. The highest BCUT2D eigenvalue weighted by Gasteiger charge is 2.16. The van der Waals surface area contributed by atoms with E-state index < -0.39 is 0 Å². The third-order valence-electron chi connectivity index (χ3n) is 10.6. The number of rotatable bonds is 7. The van der Waals surface area contributed by atoms with Crippen molar-refractivity contribution < 1.29 is 0 Å². The van der Waals surface area contributed by atoms with Crippen LogP contribution in [0.2, 0.25) is 0 Å². The summed E-state index contributed by atoms with van der Waals surface area (Å²) in [5.41, 5.74) is 9.50. The molecule has 0 unspecified atom stereocenters. The van der Waals surface area contributed by atoms with Crippen molar-refractivity contribution in [3.8, 4) is 45.3 Å². The number of fused-ring (bicyclic) bond motifs is 5. The minimum atomic E-state index is 0.669. The molecule has 0 saturated heterocycles. The number of hydrogen-bond donors (Lipinski definition) is 0. The van der Waals surface area contributed by atoms with Crippen molar-refractivity contribution in [3.63, 3.8) is 0 Å². The number of thiophene rings is 1. The average Bonchev–Trinajstić information content (AvgIpc) is 3.61. The molecule has 10 rings (SSSR count). The van der Waals surface area contributed by atoms with E-state index in [1.165, 1.54) is 58.8 Å². The van der Waals surface area contributed by atoms with Gasteiger partial charge in [0, 0.05) is 36.9 Å². The molecule has 256 valence electrons. The SMILES string of the molecule is Cc1ccccc1-c1cc2ccccc2cc1CCc1ccc(-c2nc(-c3ccc4c(c3)sc3ccccc34)nc(-c3cccc4ccccc34)n2)cc1. The third-order valence-corrected chi connectivity index (χ3v) is 11.7. The lowest BCUT2D eigenvalue weighted by Gasteiger charge is -2.14. The van der Waals surface area contributed by atoms with Crippen molar-refractivity contribution in [1.82, 2.24) is 15.0 Å². The highest BCUT2D eigenvalue weighted by molar-refractivity contribution is 7.25. The second kappa shape index (κ2) is 13.5. The van der Waals surface area contributed by atoms with Crippen LogP contribution in [0.4, 0.5) is 0 Å². The maximum atomic E-state index is 5.13. The molecule has 8 aromatic carbocycles. The lowest BCUT2D eigenvalue weighted by molar-refractivity contribution is 0.963. The molecule has 0 spiro atoms. The Bertz CT molecular complexity index is 3010. The molecule has 54 heavy (non-hydrogen) atoms. The fourth-order valence-corrected chi connectivity index (χ4v) is 8.90. The highest BCUT2D eigenvalue weighted by atomic mass is 32.1. The summed E-state index contributed by atoms with van der Waals surface area (Å²) in [7, 11) is 0. The molecule has 0 bridgehead atoms. The van der Waals surface area contributed by atoms with E-state index in [0.717, 1.165) is 40.3 Å². The topological polar surface area (TPSA) is 38.7 Å². The van der Waals surface area contributed by atoms with Crippen LogP contribution in [-0.4, -0.2) is 15.0 Å². The summed E-state index contributed by atoms with van der Waals surface area (Å²) in [4.78, 5) is 15.4. The molecular formula is C50H35N3S. The molecule has 2 aromatic heterocycles. The van der Waals surface area contributed by atoms with E-state index in [-0.39, 0.29) is 0 Å². The van der Waals surface area contributed by atoms with E-state index in [1.807, 2.05) is 11.3 Å². The minimum absolute atomic E-state index is 0.669. The summed E-state index contributed by atoms with van der Waals surface area (Å²) in [6.07, 6.45) is 1.87. The predicted octanol–water partition coefficient (Wildman–Crippen LogP) is 13.3. The molecule has 0 radical (unpaired) electrons. The van der Waals surface area contributed by atoms with Crippen molar-refractivity contribution in [2.24, 2.45) is 0 Å². The van der Waals surface area contributed by atoms with Gasteiger partial charge in [-0.2, -0.15) is 0 Å². The zero-order chi connectivity index (χ0) is 36.0. The van der Waals surface area contributed by atoms with Crippen molar-refractivity contribution in [2.45, 2.75) is 19.8 Å². The Morgan fingerprint density at radius 1 is 0.407 bits per heavy atom. The smallest absolute Gasteiger partial charge is 0.164 e. The van der Waals surface area contributed by atoms with Gasteiger partial charge in [-0.25, -0.2) is 15.0 Å². The largest absolute Gasteiger partial charge is 0.208 e. The highest BCUT2D eigenvalue weighted by Crippen LogP contribution is 2.37. The Hall–Kier alpha value is -6.49. The van der Waals surface area contributed by atoms with Gasteiger partial charge in [-0.1, -0.05) is 152 Å². The summed E-state index contributed by atoms with van der Waals surface area (Å²) in [5.74, 6) is 2.01.